The summed E-state index contributed by atoms with van der Waals surface area (Å²) in [6.07, 6.45) is 1.45. The average molecular weight is 394 g/mol. The molecule has 0 radical (unpaired) electrons. The van der Waals surface area contributed by atoms with Crippen LogP contribution in [0.5, 0.6) is 0 Å². The van der Waals surface area contributed by atoms with Crippen molar-refractivity contribution in [1.29, 1.82) is 0 Å². The minimum Gasteiger partial charge on any atom is -0.347 e. The van der Waals surface area contributed by atoms with Crippen LogP contribution in [0, 0.1) is 13.8 Å². The van der Waals surface area contributed by atoms with Crippen LogP contribution in [0.2, 0.25) is 5.02 Å². The Labute approximate surface area is 168 Å². The molecule has 0 aliphatic carbocycles. The number of amides is 2. The predicted octanol–water partition coefficient (Wildman–Crippen LogP) is 4.53. The number of pyridine rings is 1. The molecule has 1 heterocycles. The van der Waals surface area contributed by atoms with Gasteiger partial charge in [0.15, 0.2) is 0 Å². The molecule has 142 valence electrons. The van der Waals surface area contributed by atoms with Crippen LogP contribution < -0.4 is 10.6 Å². The topological polar surface area (TPSA) is 71.1 Å². The van der Waals surface area contributed by atoms with Crippen LogP contribution in [0.4, 0.5) is 5.69 Å². The summed E-state index contributed by atoms with van der Waals surface area (Å²) in [7, 11) is 0. The average Bonchev–Trinajstić information content (AvgIpc) is 2.69. The predicted molar refractivity (Wildman–Crippen MR) is 111 cm³/mol. The molecule has 6 heteroatoms. The molecule has 28 heavy (non-hydrogen) atoms. The monoisotopic (exact) mass is 393 g/mol. The van der Waals surface area contributed by atoms with Gasteiger partial charge in [-0.25, -0.2) is 0 Å². The Bertz CT molecular complexity index is 1030. The second-order valence-corrected chi connectivity index (χ2v) is 6.89. The molecule has 0 unspecified atom stereocenters. The number of benzene rings is 2. The van der Waals surface area contributed by atoms with Crippen molar-refractivity contribution in [1.82, 2.24) is 10.3 Å². The van der Waals surface area contributed by atoms with E-state index in [2.05, 4.69) is 15.6 Å². The Morgan fingerprint density at radius 1 is 0.964 bits per heavy atom. The van der Waals surface area contributed by atoms with Crippen molar-refractivity contribution in [3.8, 4) is 0 Å². The molecular formula is C22H20ClN3O2. The summed E-state index contributed by atoms with van der Waals surface area (Å²) in [6, 6.07) is 16.1. The first-order valence-electron chi connectivity index (χ1n) is 8.80. The molecule has 2 N–H and O–H groups in total. The normalized spacial score (nSPS) is 10.4. The van der Waals surface area contributed by atoms with Crippen molar-refractivity contribution in [3.63, 3.8) is 0 Å². The van der Waals surface area contributed by atoms with E-state index in [1.807, 2.05) is 38.1 Å². The number of nitrogens with zero attached hydrogens (tertiary/aromatic N) is 1. The lowest BCUT2D eigenvalue weighted by Gasteiger charge is -2.10. The fourth-order valence-electron chi connectivity index (χ4n) is 2.73. The van der Waals surface area contributed by atoms with Gasteiger partial charge in [0.1, 0.15) is 5.69 Å². The zero-order chi connectivity index (χ0) is 20.1. The maximum Gasteiger partial charge on any atom is 0.270 e. The lowest BCUT2D eigenvalue weighted by atomic mass is 10.1. The smallest absolute Gasteiger partial charge is 0.270 e. The van der Waals surface area contributed by atoms with E-state index >= 15 is 0 Å². The summed E-state index contributed by atoms with van der Waals surface area (Å²) in [6.45, 7) is 4.25. The van der Waals surface area contributed by atoms with Crippen LogP contribution in [0.3, 0.4) is 0 Å². The van der Waals surface area contributed by atoms with E-state index in [1.54, 1.807) is 24.3 Å². The molecule has 0 saturated carbocycles. The highest BCUT2D eigenvalue weighted by molar-refractivity contribution is 6.30. The molecule has 0 fully saturated rings. The van der Waals surface area contributed by atoms with E-state index in [0.717, 1.165) is 16.7 Å². The van der Waals surface area contributed by atoms with E-state index in [1.165, 1.54) is 12.3 Å². The van der Waals surface area contributed by atoms with Gasteiger partial charge in [0.05, 0.1) is 0 Å². The molecule has 0 saturated heterocycles. The Balaban J connectivity index is 1.69. The summed E-state index contributed by atoms with van der Waals surface area (Å²) in [5, 5.41) is 6.27. The molecule has 0 aliphatic heterocycles. The number of hydrogen-bond acceptors (Lipinski definition) is 3. The van der Waals surface area contributed by atoms with Crippen LogP contribution in [0.1, 0.15) is 37.5 Å². The molecule has 3 aromatic rings. The van der Waals surface area contributed by atoms with Gasteiger partial charge in [-0.2, -0.15) is 0 Å². The van der Waals surface area contributed by atoms with E-state index < -0.39 is 0 Å². The quantitative estimate of drug-likeness (QED) is 0.668. The molecule has 3 rings (SSSR count). The molecule has 2 aromatic carbocycles. The van der Waals surface area contributed by atoms with Crippen molar-refractivity contribution in [3.05, 3.63) is 93.8 Å². The van der Waals surface area contributed by atoms with Gasteiger partial charge < -0.3 is 10.6 Å². The largest absolute Gasteiger partial charge is 0.347 e. The highest BCUT2D eigenvalue weighted by atomic mass is 35.5. The van der Waals surface area contributed by atoms with Gasteiger partial charge in [0, 0.05) is 29.0 Å². The molecule has 0 bridgehead atoms. The summed E-state index contributed by atoms with van der Waals surface area (Å²) >= 11 is 5.94. The van der Waals surface area contributed by atoms with Gasteiger partial charge in [0.25, 0.3) is 11.8 Å². The number of halogens is 1. The molecule has 0 spiro atoms. The number of nitrogens with one attached hydrogen (secondary N) is 2. The Hall–Kier alpha value is -3.18. The van der Waals surface area contributed by atoms with E-state index in [9.17, 15) is 9.59 Å². The third-order valence-corrected chi connectivity index (χ3v) is 4.63. The second kappa shape index (κ2) is 8.67. The van der Waals surface area contributed by atoms with E-state index in [0.29, 0.717) is 22.8 Å². The van der Waals surface area contributed by atoms with Gasteiger partial charge in [0.2, 0.25) is 0 Å². The first kappa shape index (κ1) is 19.6. The summed E-state index contributed by atoms with van der Waals surface area (Å²) in [5.74, 6) is -0.652. The van der Waals surface area contributed by atoms with Crippen LogP contribution in [-0.4, -0.2) is 16.8 Å². The highest BCUT2D eigenvalue weighted by Gasteiger charge is 2.13. The van der Waals surface area contributed by atoms with Gasteiger partial charge in [-0.3, -0.25) is 14.6 Å². The third-order valence-electron chi connectivity index (χ3n) is 4.39. The van der Waals surface area contributed by atoms with Crippen molar-refractivity contribution in [2.75, 3.05) is 5.32 Å². The van der Waals surface area contributed by atoms with Gasteiger partial charge in [-0.1, -0.05) is 35.9 Å². The van der Waals surface area contributed by atoms with Crippen LogP contribution in [-0.2, 0) is 6.54 Å². The van der Waals surface area contributed by atoms with Crippen LogP contribution in [0.25, 0.3) is 0 Å². The Morgan fingerprint density at radius 3 is 2.50 bits per heavy atom. The van der Waals surface area contributed by atoms with Crippen molar-refractivity contribution in [2.24, 2.45) is 0 Å². The zero-order valence-electron chi connectivity index (χ0n) is 15.6. The van der Waals surface area contributed by atoms with Crippen molar-refractivity contribution < 1.29 is 9.59 Å². The molecule has 0 aliphatic rings. The van der Waals surface area contributed by atoms with E-state index in [4.69, 9.17) is 11.6 Å². The number of anilines is 1. The van der Waals surface area contributed by atoms with Gasteiger partial charge in [-0.05, 0) is 60.9 Å². The number of carbonyl (C=O) groups is 2. The van der Waals surface area contributed by atoms with Crippen molar-refractivity contribution in [2.45, 2.75) is 20.4 Å². The highest BCUT2D eigenvalue weighted by Crippen LogP contribution is 2.20. The summed E-state index contributed by atoms with van der Waals surface area (Å²) < 4.78 is 0. The molecule has 1 aromatic heterocycles. The Morgan fingerprint density at radius 2 is 1.75 bits per heavy atom. The third kappa shape index (κ3) is 4.75. The minimum atomic E-state index is -0.333. The minimum absolute atomic E-state index is 0.189. The number of aryl methyl sites for hydroxylation is 2. The lowest BCUT2D eigenvalue weighted by Crippen LogP contribution is -2.24. The molecule has 5 nitrogen and oxygen atoms in total. The lowest BCUT2D eigenvalue weighted by molar-refractivity contribution is 0.0946. The maximum absolute atomic E-state index is 12.5. The molecule has 2 amide bonds. The number of carbonyl (C=O) groups excluding carboxylic acids is 2. The number of hydrogen-bond donors (Lipinski definition) is 2. The Kier molecular flexibility index (Phi) is 6.06. The number of rotatable bonds is 5. The maximum atomic E-state index is 12.5. The zero-order valence-corrected chi connectivity index (χ0v) is 16.4. The van der Waals surface area contributed by atoms with Crippen molar-refractivity contribution >= 4 is 29.1 Å². The first-order chi connectivity index (χ1) is 13.4. The van der Waals surface area contributed by atoms with Crippen LogP contribution >= 0.6 is 11.6 Å². The van der Waals surface area contributed by atoms with E-state index in [-0.39, 0.29) is 17.5 Å². The fourth-order valence-corrected chi connectivity index (χ4v) is 2.96. The van der Waals surface area contributed by atoms with Crippen LogP contribution in [0.15, 0.2) is 60.8 Å². The van der Waals surface area contributed by atoms with Gasteiger partial charge >= 0.3 is 0 Å². The SMILES string of the molecule is Cc1ccccc1CNC(=O)c1cc(C(=O)Nc2ccc(Cl)cc2C)ccn1. The first-order valence-corrected chi connectivity index (χ1v) is 9.18. The number of aromatic nitrogens is 1. The second-order valence-electron chi connectivity index (χ2n) is 6.45. The summed E-state index contributed by atoms with van der Waals surface area (Å²) in [4.78, 5) is 29.1. The van der Waals surface area contributed by atoms with Gasteiger partial charge in [-0.15, -0.1) is 0 Å². The summed E-state index contributed by atoms with van der Waals surface area (Å²) in [5.41, 5.74) is 4.19. The molecule has 0 atom stereocenters. The molecular weight excluding hydrogens is 374 g/mol. The standard InChI is InChI=1S/C22H20ClN3O2/c1-14-5-3-4-6-17(14)13-25-22(28)20-12-16(9-10-24-20)21(27)26-19-8-7-18(23)11-15(19)2/h3-12H,13H2,1-2H3,(H,25,28)(H,26,27). The fraction of sp³-hybridized carbons (Fsp3) is 0.136.